The van der Waals surface area contributed by atoms with Crippen molar-refractivity contribution in [3.63, 3.8) is 0 Å². The molecule has 0 radical (unpaired) electrons. The molecule has 0 unspecified atom stereocenters. The maximum atomic E-state index is 11.6. The summed E-state index contributed by atoms with van der Waals surface area (Å²) in [6.45, 7) is 7.40. The van der Waals surface area contributed by atoms with Gasteiger partial charge in [-0.1, -0.05) is 0 Å². The van der Waals surface area contributed by atoms with E-state index >= 15 is 0 Å². The Kier molecular flexibility index (Phi) is 6.15. The largest absolute Gasteiger partial charge is 0.480 e. The Balaban J connectivity index is 4.20. The Morgan fingerprint density at radius 3 is 2.06 bits per heavy atom. The molecule has 0 rings (SSSR count). The van der Waals surface area contributed by atoms with E-state index in [2.05, 4.69) is 10.6 Å². The summed E-state index contributed by atoms with van der Waals surface area (Å²) < 4.78 is 0. The van der Waals surface area contributed by atoms with Crippen molar-refractivity contribution in [2.45, 2.75) is 33.2 Å². The zero-order valence-electron chi connectivity index (χ0n) is 11.2. The van der Waals surface area contributed by atoms with Gasteiger partial charge in [0.2, 0.25) is 5.91 Å². The normalized spacial score (nSPS) is 10.7. The fraction of sp³-hybridized carbons (Fsp3) is 0.727. The molecule has 0 saturated heterocycles. The molecule has 0 aliphatic carbocycles. The molecule has 7 heteroatoms. The lowest BCUT2D eigenvalue weighted by Crippen LogP contribution is -2.54. The van der Waals surface area contributed by atoms with E-state index in [0.29, 0.717) is 13.1 Å². The first-order valence-corrected chi connectivity index (χ1v) is 5.81. The molecule has 0 heterocycles. The van der Waals surface area contributed by atoms with E-state index in [4.69, 9.17) is 5.11 Å². The zero-order chi connectivity index (χ0) is 14.3. The van der Waals surface area contributed by atoms with Crippen molar-refractivity contribution in [2.24, 2.45) is 0 Å². The van der Waals surface area contributed by atoms with Crippen LogP contribution in [-0.2, 0) is 9.59 Å². The maximum absolute atomic E-state index is 11.6. The molecule has 0 aliphatic heterocycles. The first kappa shape index (κ1) is 16.2. The van der Waals surface area contributed by atoms with Crippen molar-refractivity contribution in [2.75, 3.05) is 19.6 Å². The van der Waals surface area contributed by atoms with E-state index in [-0.39, 0.29) is 12.5 Å². The van der Waals surface area contributed by atoms with Crippen LogP contribution in [0.4, 0.5) is 4.79 Å². The average Bonchev–Trinajstić information content (AvgIpc) is 2.27. The molecule has 0 aromatic heterocycles. The number of nitrogens with one attached hydrogen (secondary N) is 2. The predicted octanol–water partition coefficient (Wildman–Crippen LogP) is 0.0172. The third-order valence-electron chi connectivity index (χ3n) is 2.48. The topological polar surface area (TPSA) is 98.7 Å². The summed E-state index contributed by atoms with van der Waals surface area (Å²) in [6, 6.07) is -0.678. The van der Waals surface area contributed by atoms with Crippen LogP contribution in [0.1, 0.15) is 27.7 Å². The number of rotatable bonds is 6. The second-order valence-electron chi connectivity index (χ2n) is 4.30. The van der Waals surface area contributed by atoms with Crippen LogP contribution in [0.2, 0.25) is 0 Å². The standard InChI is InChI=1S/C11H21N3O4/c1-5-14(6-2)8(15)7-12-10(18)13-11(3,4)9(16)17/h5-7H2,1-4H3,(H,16,17)(H2,12,13,18). The second-order valence-corrected chi connectivity index (χ2v) is 4.30. The quantitative estimate of drug-likeness (QED) is 0.626. The predicted molar refractivity (Wildman–Crippen MR) is 66.2 cm³/mol. The number of carbonyl (C=O) groups is 3. The van der Waals surface area contributed by atoms with Gasteiger partial charge in [0.05, 0.1) is 6.54 Å². The summed E-state index contributed by atoms with van der Waals surface area (Å²) in [5, 5.41) is 13.4. The van der Waals surface area contributed by atoms with Crippen molar-refractivity contribution >= 4 is 17.9 Å². The number of carboxylic acids is 1. The summed E-state index contributed by atoms with van der Waals surface area (Å²) in [6.07, 6.45) is 0. The molecular weight excluding hydrogens is 238 g/mol. The van der Waals surface area contributed by atoms with Crippen molar-refractivity contribution in [3.05, 3.63) is 0 Å². The summed E-state index contributed by atoms with van der Waals surface area (Å²) in [5.74, 6) is -1.35. The molecule has 104 valence electrons. The molecular formula is C11H21N3O4. The van der Waals surface area contributed by atoms with E-state index in [9.17, 15) is 14.4 Å². The number of nitrogens with zero attached hydrogens (tertiary/aromatic N) is 1. The van der Waals surface area contributed by atoms with Crippen LogP contribution in [0.5, 0.6) is 0 Å². The number of likely N-dealkylation sites (N-methyl/N-ethyl adjacent to an activating group) is 1. The third kappa shape index (κ3) is 5.03. The monoisotopic (exact) mass is 259 g/mol. The Bertz CT molecular complexity index is 324. The van der Waals surface area contributed by atoms with E-state index in [0.717, 1.165) is 0 Å². The van der Waals surface area contributed by atoms with Crippen molar-refractivity contribution in [1.29, 1.82) is 0 Å². The van der Waals surface area contributed by atoms with Gasteiger partial charge in [-0.25, -0.2) is 9.59 Å². The number of carbonyl (C=O) groups excluding carboxylic acids is 2. The minimum atomic E-state index is -1.37. The number of amides is 3. The first-order valence-electron chi connectivity index (χ1n) is 5.81. The van der Waals surface area contributed by atoms with Crippen molar-refractivity contribution < 1.29 is 19.5 Å². The molecule has 0 aliphatic rings. The molecule has 18 heavy (non-hydrogen) atoms. The van der Waals surface area contributed by atoms with Gasteiger partial charge in [-0.3, -0.25) is 4.79 Å². The lowest BCUT2D eigenvalue weighted by atomic mass is 10.1. The number of hydrogen-bond acceptors (Lipinski definition) is 3. The first-order chi connectivity index (χ1) is 8.24. The molecule has 7 nitrogen and oxygen atoms in total. The average molecular weight is 259 g/mol. The SMILES string of the molecule is CCN(CC)C(=O)CNC(=O)NC(C)(C)C(=O)O. The van der Waals surface area contributed by atoms with Gasteiger partial charge in [-0.2, -0.15) is 0 Å². The van der Waals surface area contributed by atoms with E-state index in [1.807, 2.05) is 13.8 Å². The molecule has 0 aromatic rings. The van der Waals surface area contributed by atoms with Crippen molar-refractivity contribution in [3.8, 4) is 0 Å². The summed E-state index contributed by atoms with van der Waals surface area (Å²) >= 11 is 0. The van der Waals surface area contributed by atoms with Crippen LogP contribution in [0.25, 0.3) is 0 Å². The fourth-order valence-electron chi connectivity index (χ4n) is 1.23. The molecule has 0 saturated carbocycles. The Morgan fingerprint density at radius 1 is 1.17 bits per heavy atom. The molecule has 3 amide bonds. The van der Waals surface area contributed by atoms with Gasteiger partial charge in [0.15, 0.2) is 0 Å². The zero-order valence-corrected chi connectivity index (χ0v) is 11.2. The van der Waals surface area contributed by atoms with Gasteiger partial charge in [0.1, 0.15) is 5.54 Å². The summed E-state index contributed by atoms with van der Waals surface area (Å²) in [7, 11) is 0. The molecule has 0 aromatic carbocycles. The van der Waals surface area contributed by atoms with Gasteiger partial charge in [-0.15, -0.1) is 0 Å². The van der Waals surface area contributed by atoms with Crippen LogP contribution in [0, 0.1) is 0 Å². The number of carboxylic acid groups (broad SMARTS) is 1. The Labute approximate surface area is 107 Å². The van der Waals surface area contributed by atoms with Gasteiger partial charge >= 0.3 is 12.0 Å². The van der Waals surface area contributed by atoms with Crippen LogP contribution in [-0.4, -0.2) is 53.1 Å². The van der Waals surface area contributed by atoms with E-state index in [1.165, 1.54) is 13.8 Å². The molecule has 3 N–H and O–H groups in total. The highest BCUT2D eigenvalue weighted by atomic mass is 16.4. The van der Waals surface area contributed by atoms with Gasteiger partial charge in [-0.05, 0) is 27.7 Å². The third-order valence-corrected chi connectivity index (χ3v) is 2.48. The molecule has 0 spiro atoms. The highest BCUT2D eigenvalue weighted by Gasteiger charge is 2.29. The highest BCUT2D eigenvalue weighted by molar-refractivity contribution is 5.88. The van der Waals surface area contributed by atoms with Gasteiger partial charge < -0.3 is 20.6 Å². The van der Waals surface area contributed by atoms with Gasteiger partial charge in [0, 0.05) is 13.1 Å². The van der Waals surface area contributed by atoms with Crippen LogP contribution >= 0.6 is 0 Å². The number of aliphatic carboxylic acids is 1. The van der Waals surface area contributed by atoms with Crippen LogP contribution < -0.4 is 10.6 Å². The minimum absolute atomic E-state index is 0.150. The molecule has 0 fully saturated rings. The van der Waals surface area contributed by atoms with E-state index in [1.54, 1.807) is 4.90 Å². The maximum Gasteiger partial charge on any atom is 0.328 e. The lowest BCUT2D eigenvalue weighted by Gasteiger charge is -2.22. The van der Waals surface area contributed by atoms with Crippen molar-refractivity contribution in [1.82, 2.24) is 15.5 Å². The highest BCUT2D eigenvalue weighted by Crippen LogP contribution is 2.00. The summed E-state index contributed by atoms with van der Waals surface area (Å²) in [5.41, 5.74) is -1.37. The van der Waals surface area contributed by atoms with E-state index < -0.39 is 17.5 Å². The lowest BCUT2D eigenvalue weighted by molar-refractivity contribution is -0.142. The minimum Gasteiger partial charge on any atom is -0.480 e. The molecule has 0 atom stereocenters. The Hall–Kier alpha value is -1.79. The number of hydrogen-bond donors (Lipinski definition) is 3. The molecule has 0 bridgehead atoms. The summed E-state index contributed by atoms with van der Waals surface area (Å²) in [4.78, 5) is 35.3. The number of urea groups is 1. The smallest absolute Gasteiger partial charge is 0.328 e. The van der Waals surface area contributed by atoms with Gasteiger partial charge in [0.25, 0.3) is 0 Å². The van der Waals surface area contributed by atoms with Crippen LogP contribution in [0.15, 0.2) is 0 Å². The fourth-order valence-corrected chi connectivity index (χ4v) is 1.23. The second kappa shape index (κ2) is 6.83. The van der Waals surface area contributed by atoms with Crippen LogP contribution in [0.3, 0.4) is 0 Å². The Morgan fingerprint density at radius 2 is 1.67 bits per heavy atom.